The third kappa shape index (κ3) is 2.45. The Bertz CT molecular complexity index is 980. The van der Waals surface area contributed by atoms with Gasteiger partial charge in [0.2, 0.25) is 0 Å². The van der Waals surface area contributed by atoms with Gasteiger partial charge in [0.05, 0.1) is 39.6 Å². The first-order chi connectivity index (χ1) is 11.8. The number of aromatic nitrogens is 3. The summed E-state index contributed by atoms with van der Waals surface area (Å²) in [6.07, 6.45) is 0. The molecule has 2 aliphatic heterocycles. The Balaban J connectivity index is 2.15. The van der Waals surface area contributed by atoms with E-state index in [1.165, 1.54) is 14.6 Å². The molecule has 0 saturated carbocycles. The molecule has 8 nitrogen and oxygen atoms in total. The van der Waals surface area contributed by atoms with Gasteiger partial charge in [-0.05, 0) is 6.92 Å². The lowest BCUT2D eigenvalue weighted by Crippen LogP contribution is -2.57. The number of hydrogen-bond acceptors (Lipinski definition) is 6. The molecule has 132 valence electrons. The van der Waals surface area contributed by atoms with Crippen LogP contribution in [0.25, 0.3) is 11.0 Å². The maximum Gasteiger partial charge on any atom is 0.360 e. The number of nitrogens with zero attached hydrogens (tertiary/aromatic N) is 6. The highest BCUT2D eigenvalue weighted by Crippen LogP contribution is 2.39. The van der Waals surface area contributed by atoms with Gasteiger partial charge in [0.25, 0.3) is 5.91 Å². The molecule has 0 N–H and O–H groups in total. The number of hydrogen-bond donors (Lipinski definition) is 0. The fraction of sp³-hybridized carbons (Fsp3) is 0.429. The van der Waals surface area contributed by atoms with Gasteiger partial charge in [0.15, 0.2) is 11.5 Å². The van der Waals surface area contributed by atoms with Gasteiger partial charge in [-0.15, -0.1) is 0 Å². The number of aryl methyl sites for hydroxylation is 1. The van der Waals surface area contributed by atoms with Crippen molar-refractivity contribution in [2.24, 2.45) is 0 Å². The standard InChI is InChI=1S/C14H13FI2N6O2/c1-6-9(15)10-8-11(19-14(25)23(17)12(8)18-6)22-4-3-21(16)5-7(22)13(24)20(10)2/h7H,3-5H2,1-2H3. The minimum atomic E-state index is -0.562. The Morgan fingerprint density at radius 2 is 1.92 bits per heavy atom. The molecule has 1 atom stereocenters. The predicted molar refractivity (Wildman–Crippen MR) is 108 cm³/mol. The largest absolute Gasteiger partial charge is 0.360 e. The smallest absolute Gasteiger partial charge is 0.341 e. The number of carbonyl (C=O) groups is 1. The quantitative estimate of drug-likeness (QED) is 0.351. The second-order valence-corrected chi connectivity index (χ2v) is 8.36. The van der Waals surface area contributed by atoms with Crippen LogP contribution in [0.15, 0.2) is 4.79 Å². The molecule has 4 heterocycles. The molecule has 0 aliphatic carbocycles. The van der Waals surface area contributed by atoms with Crippen LogP contribution in [0, 0.1) is 12.7 Å². The van der Waals surface area contributed by atoms with Crippen LogP contribution in [0.5, 0.6) is 0 Å². The fourth-order valence-corrected chi connectivity index (χ4v) is 4.40. The van der Waals surface area contributed by atoms with E-state index in [0.29, 0.717) is 36.5 Å². The van der Waals surface area contributed by atoms with Crippen molar-refractivity contribution in [2.75, 3.05) is 36.5 Å². The lowest BCUT2D eigenvalue weighted by molar-refractivity contribution is -0.120. The number of fused-ring (bicyclic) bond motifs is 2. The van der Waals surface area contributed by atoms with Crippen LogP contribution in [0.1, 0.15) is 5.69 Å². The highest BCUT2D eigenvalue weighted by Gasteiger charge is 2.41. The third-order valence-electron chi connectivity index (χ3n) is 4.59. The number of pyridine rings is 1. The van der Waals surface area contributed by atoms with Gasteiger partial charge in [-0.25, -0.2) is 20.1 Å². The molecule has 25 heavy (non-hydrogen) atoms. The molecule has 1 saturated heterocycles. The van der Waals surface area contributed by atoms with Crippen LogP contribution in [-0.2, 0) is 4.79 Å². The molecule has 2 aromatic rings. The van der Waals surface area contributed by atoms with E-state index >= 15 is 0 Å². The molecule has 1 unspecified atom stereocenters. The van der Waals surface area contributed by atoms with E-state index in [1.807, 2.05) is 3.11 Å². The third-order valence-corrected chi connectivity index (χ3v) is 6.34. The first-order valence-corrected chi connectivity index (χ1v) is 9.48. The van der Waals surface area contributed by atoms with Crippen molar-refractivity contribution in [2.45, 2.75) is 13.0 Å². The summed E-state index contributed by atoms with van der Waals surface area (Å²) in [5.41, 5.74) is 0.108. The van der Waals surface area contributed by atoms with Crippen molar-refractivity contribution < 1.29 is 9.18 Å². The van der Waals surface area contributed by atoms with Gasteiger partial charge >= 0.3 is 5.69 Å². The zero-order valence-electron chi connectivity index (χ0n) is 13.3. The Labute approximate surface area is 170 Å². The van der Waals surface area contributed by atoms with Crippen molar-refractivity contribution in [3.05, 3.63) is 22.0 Å². The van der Waals surface area contributed by atoms with E-state index in [2.05, 4.69) is 32.8 Å². The van der Waals surface area contributed by atoms with Crippen LogP contribution in [0.4, 0.5) is 15.9 Å². The highest BCUT2D eigenvalue weighted by atomic mass is 127. The SMILES string of the molecule is Cc1nc2c3c(nc(=O)n2I)N2CCN(I)CC2C(=O)N(C)c3c1F. The van der Waals surface area contributed by atoms with Gasteiger partial charge in [-0.2, -0.15) is 4.98 Å². The zero-order chi connectivity index (χ0) is 18.0. The lowest BCUT2D eigenvalue weighted by atomic mass is 10.1. The van der Waals surface area contributed by atoms with Gasteiger partial charge in [0, 0.05) is 49.5 Å². The van der Waals surface area contributed by atoms with E-state index in [1.54, 1.807) is 34.8 Å². The lowest BCUT2D eigenvalue weighted by Gasteiger charge is -2.38. The first-order valence-electron chi connectivity index (χ1n) is 7.55. The zero-order valence-corrected chi connectivity index (χ0v) is 17.6. The van der Waals surface area contributed by atoms with Gasteiger partial charge in [-0.1, -0.05) is 0 Å². The maximum atomic E-state index is 14.9. The summed E-state index contributed by atoms with van der Waals surface area (Å²) in [4.78, 5) is 36.9. The van der Waals surface area contributed by atoms with Crippen molar-refractivity contribution in [1.82, 2.24) is 15.9 Å². The van der Waals surface area contributed by atoms with Gasteiger partial charge in [-0.3, -0.25) is 4.79 Å². The minimum Gasteiger partial charge on any atom is -0.341 e. The Kier molecular flexibility index (Phi) is 4.14. The maximum absolute atomic E-state index is 14.9. The summed E-state index contributed by atoms with van der Waals surface area (Å²) in [6.45, 7) is 3.23. The number of amides is 1. The number of halogens is 3. The van der Waals surface area contributed by atoms with Gasteiger partial charge in [0.1, 0.15) is 11.9 Å². The molecule has 4 rings (SSSR count). The summed E-state index contributed by atoms with van der Waals surface area (Å²) >= 11 is 3.97. The molecule has 2 aliphatic rings. The fourth-order valence-electron chi connectivity index (χ4n) is 3.35. The molecular weight excluding hydrogens is 557 g/mol. The normalized spacial score (nSPS) is 20.8. The minimum absolute atomic E-state index is 0.134. The summed E-state index contributed by atoms with van der Waals surface area (Å²) < 4.78 is 18.2. The number of carbonyl (C=O) groups excluding carboxylic acids is 1. The predicted octanol–water partition coefficient (Wildman–Crippen LogP) is 1.25. The van der Waals surface area contributed by atoms with Crippen LogP contribution >= 0.6 is 45.7 Å². The number of rotatable bonds is 0. The van der Waals surface area contributed by atoms with Crippen LogP contribution in [0.3, 0.4) is 0 Å². The molecule has 11 heteroatoms. The average Bonchev–Trinajstić information content (AvgIpc) is 2.66. The molecule has 0 aromatic carbocycles. The van der Waals surface area contributed by atoms with Crippen LogP contribution < -0.4 is 15.5 Å². The summed E-state index contributed by atoms with van der Waals surface area (Å²) in [5, 5.41) is 0.400. The summed E-state index contributed by atoms with van der Waals surface area (Å²) in [6, 6.07) is -0.525. The summed E-state index contributed by atoms with van der Waals surface area (Å²) in [5.74, 6) is -0.452. The van der Waals surface area contributed by atoms with E-state index in [9.17, 15) is 14.0 Å². The molecule has 0 bridgehead atoms. The average molecular weight is 570 g/mol. The topological polar surface area (TPSA) is 74.6 Å². The molecular formula is C14H13FI2N6O2. The number of likely N-dealkylation sites (N-methyl/N-ethyl adjacent to an activating group) is 1. The highest BCUT2D eigenvalue weighted by molar-refractivity contribution is 14.1. The molecule has 0 radical (unpaired) electrons. The Hall–Kier alpha value is -1.09. The second kappa shape index (κ2) is 5.97. The first kappa shape index (κ1) is 17.3. The molecule has 0 spiro atoms. The number of anilines is 2. The van der Waals surface area contributed by atoms with E-state index in [-0.39, 0.29) is 17.3 Å². The monoisotopic (exact) mass is 570 g/mol. The van der Waals surface area contributed by atoms with Crippen LogP contribution in [-0.4, -0.2) is 54.5 Å². The van der Waals surface area contributed by atoms with E-state index < -0.39 is 17.5 Å². The van der Waals surface area contributed by atoms with E-state index in [4.69, 9.17) is 0 Å². The van der Waals surface area contributed by atoms with Crippen molar-refractivity contribution >= 4 is 74.2 Å². The Morgan fingerprint density at radius 1 is 1.20 bits per heavy atom. The molecule has 1 fully saturated rings. The molecule has 1 amide bonds. The van der Waals surface area contributed by atoms with Crippen molar-refractivity contribution in [3.8, 4) is 0 Å². The second-order valence-electron chi connectivity index (χ2n) is 6.03. The number of piperazine rings is 1. The van der Waals surface area contributed by atoms with Crippen LogP contribution in [0.2, 0.25) is 0 Å². The van der Waals surface area contributed by atoms with Crippen molar-refractivity contribution in [3.63, 3.8) is 0 Å². The summed E-state index contributed by atoms with van der Waals surface area (Å²) in [7, 11) is 1.56. The molecule has 2 aromatic heterocycles. The van der Waals surface area contributed by atoms with Gasteiger partial charge < -0.3 is 9.80 Å². The van der Waals surface area contributed by atoms with E-state index in [0.717, 1.165) is 0 Å². The Morgan fingerprint density at radius 3 is 2.64 bits per heavy atom. The van der Waals surface area contributed by atoms with Crippen molar-refractivity contribution in [1.29, 1.82) is 0 Å².